The molecule has 2 N–H and O–H groups in total. The number of carbonyl (C=O) groups excluding carboxylic acids is 1. The average molecular weight is 301 g/mol. The third-order valence-corrected chi connectivity index (χ3v) is 3.50. The maximum absolute atomic E-state index is 12.8. The van der Waals surface area contributed by atoms with Crippen molar-refractivity contribution >= 4 is 17.5 Å². The van der Waals surface area contributed by atoms with E-state index in [0.29, 0.717) is 12.2 Å². The summed E-state index contributed by atoms with van der Waals surface area (Å²) in [5.41, 5.74) is 0.558. The number of halogens is 1. The molecule has 0 aliphatic carbocycles. The van der Waals surface area contributed by atoms with E-state index >= 15 is 0 Å². The standard InChI is InChI=1S/C15H16FN5O/c16-11-1-3-12(4-2-11)19-15(22)20-13-5-8-21(10-13)14-9-17-6-7-18-14/h1-4,6-7,9,13H,5,8,10H2,(H2,19,20,22)/t13-/m1/s1. The SMILES string of the molecule is O=C(Nc1ccc(F)cc1)N[C@@H]1CCN(c2cnccn2)C1. The number of hydrogen-bond acceptors (Lipinski definition) is 4. The van der Waals surface area contributed by atoms with E-state index in [9.17, 15) is 9.18 Å². The second-order valence-electron chi connectivity index (χ2n) is 5.10. The van der Waals surface area contributed by atoms with Gasteiger partial charge in [-0.05, 0) is 30.7 Å². The molecule has 1 aromatic heterocycles. The van der Waals surface area contributed by atoms with Crippen LogP contribution < -0.4 is 15.5 Å². The predicted molar refractivity (Wildman–Crippen MR) is 81.2 cm³/mol. The van der Waals surface area contributed by atoms with Crippen LogP contribution in [-0.4, -0.2) is 35.1 Å². The fourth-order valence-corrected chi connectivity index (χ4v) is 2.43. The zero-order valence-corrected chi connectivity index (χ0v) is 11.9. The van der Waals surface area contributed by atoms with Crippen LogP contribution in [0.5, 0.6) is 0 Å². The number of anilines is 2. The first kappa shape index (κ1) is 14.2. The van der Waals surface area contributed by atoms with Gasteiger partial charge in [-0.3, -0.25) is 4.98 Å². The Hall–Kier alpha value is -2.70. The molecule has 0 radical (unpaired) electrons. The van der Waals surface area contributed by atoms with Crippen LogP contribution in [0, 0.1) is 5.82 Å². The fraction of sp³-hybridized carbons (Fsp3) is 0.267. The van der Waals surface area contributed by atoms with Crippen LogP contribution in [0.2, 0.25) is 0 Å². The van der Waals surface area contributed by atoms with E-state index in [4.69, 9.17) is 0 Å². The fourth-order valence-electron chi connectivity index (χ4n) is 2.43. The molecule has 114 valence electrons. The Morgan fingerprint density at radius 1 is 1.27 bits per heavy atom. The van der Waals surface area contributed by atoms with Crippen molar-refractivity contribution in [2.45, 2.75) is 12.5 Å². The van der Waals surface area contributed by atoms with Crippen molar-refractivity contribution in [3.8, 4) is 0 Å². The zero-order valence-electron chi connectivity index (χ0n) is 11.9. The molecule has 3 rings (SSSR count). The van der Waals surface area contributed by atoms with Crippen LogP contribution in [0.25, 0.3) is 0 Å². The summed E-state index contributed by atoms with van der Waals surface area (Å²) < 4.78 is 12.8. The van der Waals surface area contributed by atoms with Gasteiger partial charge in [0.1, 0.15) is 11.6 Å². The molecule has 1 aliphatic heterocycles. The molecule has 1 aromatic carbocycles. The van der Waals surface area contributed by atoms with Crippen LogP contribution in [0.3, 0.4) is 0 Å². The van der Waals surface area contributed by atoms with Gasteiger partial charge < -0.3 is 15.5 Å². The lowest BCUT2D eigenvalue weighted by Gasteiger charge is -2.17. The van der Waals surface area contributed by atoms with Gasteiger partial charge in [-0.1, -0.05) is 0 Å². The van der Waals surface area contributed by atoms with Crippen LogP contribution in [0.1, 0.15) is 6.42 Å². The molecule has 0 spiro atoms. The summed E-state index contributed by atoms with van der Waals surface area (Å²) in [4.78, 5) is 22.3. The highest BCUT2D eigenvalue weighted by Crippen LogP contribution is 2.16. The molecule has 1 atom stereocenters. The molecule has 1 fully saturated rings. The van der Waals surface area contributed by atoms with E-state index in [1.807, 2.05) is 0 Å². The van der Waals surface area contributed by atoms with Crippen molar-refractivity contribution in [3.63, 3.8) is 0 Å². The lowest BCUT2D eigenvalue weighted by molar-refractivity contribution is 0.249. The number of urea groups is 1. The topological polar surface area (TPSA) is 70.2 Å². The van der Waals surface area contributed by atoms with Gasteiger partial charge in [0.25, 0.3) is 0 Å². The normalized spacial score (nSPS) is 17.3. The van der Waals surface area contributed by atoms with Crippen molar-refractivity contribution < 1.29 is 9.18 Å². The lowest BCUT2D eigenvalue weighted by Crippen LogP contribution is -2.39. The van der Waals surface area contributed by atoms with Crippen LogP contribution in [0.15, 0.2) is 42.9 Å². The Bertz CT molecular complexity index is 634. The zero-order chi connectivity index (χ0) is 15.4. The predicted octanol–water partition coefficient (Wildman–Crippen LogP) is 2.02. The second-order valence-corrected chi connectivity index (χ2v) is 5.10. The Balaban J connectivity index is 1.51. The van der Waals surface area contributed by atoms with Crippen molar-refractivity contribution in [3.05, 3.63) is 48.7 Å². The van der Waals surface area contributed by atoms with E-state index in [2.05, 4.69) is 25.5 Å². The maximum Gasteiger partial charge on any atom is 0.319 e. The van der Waals surface area contributed by atoms with E-state index in [1.54, 1.807) is 18.6 Å². The smallest absolute Gasteiger partial charge is 0.319 e. The van der Waals surface area contributed by atoms with Crippen LogP contribution in [0.4, 0.5) is 20.7 Å². The number of amides is 2. The number of hydrogen-bond donors (Lipinski definition) is 2. The molecule has 1 saturated heterocycles. The summed E-state index contributed by atoms with van der Waals surface area (Å²) in [7, 11) is 0. The Kier molecular flexibility index (Phi) is 4.13. The summed E-state index contributed by atoms with van der Waals surface area (Å²) >= 11 is 0. The highest BCUT2D eigenvalue weighted by Gasteiger charge is 2.24. The molecule has 22 heavy (non-hydrogen) atoms. The molecule has 7 heteroatoms. The van der Waals surface area contributed by atoms with Gasteiger partial charge in [-0.2, -0.15) is 0 Å². The molecular formula is C15H16FN5O. The van der Waals surface area contributed by atoms with Gasteiger partial charge in [0.05, 0.1) is 6.20 Å². The first-order valence-electron chi connectivity index (χ1n) is 7.05. The van der Waals surface area contributed by atoms with Gasteiger partial charge >= 0.3 is 6.03 Å². The summed E-state index contributed by atoms with van der Waals surface area (Å²) in [6.07, 6.45) is 5.83. The Labute approximate surface area is 127 Å². The number of carbonyl (C=O) groups is 1. The number of rotatable bonds is 3. The van der Waals surface area contributed by atoms with E-state index in [1.165, 1.54) is 24.3 Å². The van der Waals surface area contributed by atoms with Crippen molar-refractivity contribution in [2.24, 2.45) is 0 Å². The summed E-state index contributed by atoms with van der Waals surface area (Å²) in [6, 6.07) is 5.41. The van der Waals surface area contributed by atoms with E-state index in [-0.39, 0.29) is 17.9 Å². The quantitative estimate of drug-likeness (QED) is 0.910. The first-order valence-corrected chi connectivity index (χ1v) is 7.05. The van der Waals surface area contributed by atoms with E-state index < -0.39 is 0 Å². The third kappa shape index (κ3) is 3.49. The van der Waals surface area contributed by atoms with Gasteiger partial charge in [0.15, 0.2) is 0 Å². The Morgan fingerprint density at radius 3 is 2.82 bits per heavy atom. The first-order chi connectivity index (χ1) is 10.7. The van der Waals surface area contributed by atoms with Crippen LogP contribution in [-0.2, 0) is 0 Å². The maximum atomic E-state index is 12.8. The molecule has 6 nitrogen and oxygen atoms in total. The summed E-state index contributed by atoms with van der Waals surface area (Å²) in [6.45, 7) is 1.51. The van der Waals surface area contributed by atoms with Gasteiger partial charge in [-0.25, -0.2) is 14.2 Å². The van der Waals surface area contributed by atoms with Gasteiger partial charge in [0, 0.05) is 37.2 Å². The molecule has 1 aliphatic rings. The largest absolute Gasteiger partial charge is 0.353 e. The third-order valence-electron chi connectivity index (χ3n) is 3.50. The number of aromatic nitrogens is 2. The molecule has 0 saturated carbocycles. The van der Waals surface area contributed by atoms with Gasteiger partial charge in [-0.15, -0.1) is 0 Å². The molecule has 2 amide bonds. The average Bonchev–Trinajstić information content (AvgIpc) is 2.99. The van der Waals surface area contributed by atoms with Crippen molar-refractivity contribution in [2.75, 3.05) is 23.3 Å². The minimum Gasteiger partial charge on any atom is -0.353 e. The highest BCUT2D eigenvalue weighted by atomic mass is 19.1. The molecule has 2 heterocycles. The van der Waals surface area contributed by atoms with Crippen molar-refractivity contribution in [1.29, 1.82) is 0 Å². The van der Waals surface area contributed by atoms with Crippen molar-refractivity contribution in [1.82, 2.24) is 15.3 Å². The Morgan fingerprint density at radius 2 is 2.09 bits per heavy atom. The molecule has 2 aromatic rings. The molecular weight excluding hydrogens is 285 g/mol. The molecule has 0 bridgehead atoms. The van der Waals surface area contributed by atoms with Gasteiger partial charge in [0.2, 0.25) is 0 Å². The molecule has 0 unspecified atom stereocenters. The number of nitrogens with one attached hydrogen (secondary N) is 2. The summed E-state index contributed by atoms with van der Waals surface area (Å²) in [5.74, 6) is 0.479. The summed E-state index contributed by atoms with van der Waals surface area (Å²) in [5, 5.41) is 5.60. The highest BCUT2D eigenvalue weighted by molar-refractivity contribution is 5.89. The minimum absolute atomic E-state index is 0.0439. The lowest BCUT2D eigenvalue weighted by atomic mass is 10.3. The second kappa shape index (κ2) is 6.38. The van der Waals surface area contributed by atoms with Crippen LogP contribution >= 0.6 is 0 Å². The monoisotopic (exact) mass is 301 g/mol. The number of nitrogens with zero attached hydrogens (tertiary/aromatic N) is 3. The van der Waals surface area contributed by atoms with E-state index in [0.717, 1.165) is 18.8 Å². The number of benzene rings is 1. The minimum atomic E-state index is -0.332.